The minimum Gasteiger partial charge on any atom is -0.332 e. The van der Waals surface area contributed by atoms with Crippen LogP contribution < -0.4 is 5.32 Å². The number of carbonyl (C=O) groups is 2. The highest BCUT2D eigenvalue weighted by Gasteiger charge is 2.27. The second-order valence-electron chi connectivity index (χ2n) is 3.98. The molecule has 3 nitrogen and oxygen atoms in total. The highest BCUT2D eigenvalue weighted by atomic mass is 16.2. The highest BCUT2D eigenvalue weighted by Crippen LogP contribution is 2.27. The summed E-state index contributed by atoms with van der Waals surface area (Å²) in [5.74, 6) is -0.278. The molecule has 1 N–H and O–H groups in total. The Morgan fingerprint density at radius 1 is 1.33 bits per heavy atom. The second-order valence-corrected chi connectivity index (χ2v) is 3.98. The van der Waals surface area contributed by atoms with Crippen molar-refractivity contribution in [1.29, 1.82) is 0 Å². The summed E-state index contributed by atoms with van der Waals surface area (Å²) in [6.07, 6.45) is 1.51. The Hall–Kier alpha value is -1.12. The maximum Gasteiger partial charge on any atom is 0.231 e. The van der Waals surface area contributed by atoms with Gasteiger partial charge < -0.3 is 5.32 Å². The molecule has 0 radical (unpaired) electrons. The Kier molecular flexibility index (Phi) is 2.04. The van der Waals surface area contributed by atoms with E-state index >= 15 is 0 Å². The minimum atomic E-state index is -0.215. The van der Waals surface area contributed by atoms with Crippen LogP contribution in [0.3, 0.4) is 0 Å². The van der Waals surface area contributed by atoms with Gasteiger partial charge in [0.15, 0.2) is 5.78 Å². The highest BCUT2D eigenvalue weighted by molar-refractivity contribution is 6.10. The van der Waals surface area contributed by atoms with E-state index in [0.717, 1.165) is 0 Å². The summed E-state index contributed by atoms with van der Waals surface area (Å²) in [5.41, 5.74) is 0.521. The molecule has 0 fully saturated rings. The average molecular weight is 167 g/mol. The number of allylic oxidation sites excluding steroid dienone is 1. The van der Waals surface area contributed by atoms with Gasteiger partial charge in [-0.25, -0.2) is 0 Å². The lowest BCUT2D eigenvalue weighted by molar-refractivity contribution is -0.127. The van der Waals surface area contributed by atoms with E-state index in [2.05, 4.69) is 5.32 Å². The fraction of sp³-hybridized carbons (Fsp3) is 0.556. The van der Waals surface area contributed by atoms with Gasteiger partial charge in [0.05, 0.1) is 6.42 Å². The van der Waals surface area contributed by atoms with Crippen LogP contribution in [0.15, 0.2) is 11.8 Å². The van der Waals surface area contributed by atoms with Crippen molar-refractivity contribution < 1.29 is 9.59 Å². The van der Waals surface area contributed by atoms with Gasteiger partial charge in [-0.05, 0) is 5.41 Å². The van der Waals surface area contributed by atoms with Gasteiger partial charge in [0, 0.05) is 11.8 Å². The Bertz CT molecular complexity index is 258. The van der Waals surface area contributed by atoms with Crippen molar-refractivity contribution in [1.82, 2.24) is 5.32 Å². The van der Waals surface area contributed by atoms with Crippen LogP contribution in [-0.4, -0.2) is 11.7 Å². The van der Waals surface area contributed by atoms with Gasteiger partial charge >= 0.3 is 0 Å². The first-order valence-corrected chi connectivity index (χ1v) is 3.94. The van der Waals surface area contributed by atoms with Gasteiger partial charge in [-0.15, -0.1) is 0 Å². The summed E-state index contributed by atoms with van der Waals surface area (Å²) in [7, 11) is 0. The second kappa shape index (κ2) is 2.73. The third-order valence-corrected chi connectivity index (χ3v) is 1.81. The molecule has 1 rings (SSSR count). The molecular formula is C9H13NO2. The SMILES string of the molecule is CC(C)(C)C1=CNC(=O)CC1=O. The molecule has 0 spiro atoms. The van der Waals surface area contributed by atoms with Crippen molar-refractivity contribution >= 4 is 11.7 Å². The van der Waals surface area contributed by atoms with Crippen molar-refractivity contribution in [3.63, 3.8) is 0 Å². The molecule has 0 atom stereocenters. The van der Waals surface area contributed by atoms with Crippen molar-refractivity contribution in [3.05, 3.63) is 11.8 Å². The van der Waals surface area contributed by atoms with Crippen LogP contribution in [0.2, 0.25) is 0 Å². The molecule has 0 saturated carbocycles. The maximum atomic E-state index is 11.3. The zero-order valence-corrected chi connectivity index (χ0v) is 7.60. The molecule has 1 amide bonds. The Labute approximate surface area is 71.8 Å². The molecule has 0 aromatic carbocycles. The van der Waals surface area contributed by atoms with E-state index in [-0.39, 0.29) is 23.5 Å². The summed E-state index contributed by atoms with van der Waals surface area (Å²) < 4.78 is 0. The number of carbonyl (C=O) groups excluding carboxylic acids is 2. The number of hydrogen-bond donors (Lipinski definition) is 1. The predicted octanol–water partition coefficient (Wildman–Crippen LogP) is 1.01. The zero-order valence-electron chi connectivity index (χ0n) is 7.60. The molecule has 0 bridgehead atoms. The molecule has 1 heterocycles. The molecule has 0 aromatic rings. The molecule has 1 aliphatic heterocycles. The number of rotatable bonds is 0. The molecule has 0 unspecified atom stereocenters. The van der Waals surface area contributed by atoms with Crippen LogP contribution >= 0.6 is 0 Å². The molecule has 0 aromatic heterocycles. The molecule has 0 aliphatic carbocycles. The molecular weight excluding hydrogens is 154 g/mol. The van der Waals surface area contributed by atoms with Crippen LogP contribution in [0.1, 0.15) is 27.2 Å². The smallest absolute Gasteiger partial charge is 0.231 e. The van der Waals surface area contributed by atoms with Crippen molar-refractivity contribution in [2.75, 3.05) is 0 Å². The Morgan fingerprint density at radius 2 is 1.92 bits per heavy atom. The van der Waals surface area contributed by atoms with Crippen LogP contribution in [0.25, 0.3) is 0 Å². The van der Waals surface area contributed by atoms with E-state index in [9.17, 15) is 9.59 Å². The van der Waals surface area contributed by atoms with E-state index in [1.807, 2.05) is 20.8 Å². The first-order chi connectivity index (χ1) is 5.41. The quantitative estimate of drug-likeness (QED) is 0.547. The lowest BCUT2D eigenvalue weighted by Gasteiger charge is -2.24. The third kappa shape index (κ3) is 1.72. The predicted molar refractivity (Wildman–Crippen MR) is 45.3 cm³/mol. The van der Waals surface area contributed by atoms with E-state index in [1.54, 1.807) is 0 Å². The Morgan fingerprint density at radius 3 is 2.33 bits per heavy atom. The fourth-order valence-corrected chi connectivity index (χ4v) is 1.16. The topological polar surface area (TPSA) is 46.2 Å². The number of nitrogens with one attached hydrogen (secondary N) is 1. The largest absolute Gasteiger partial charge is 0.332 e. The maximum absolute atomic E-state index is 11.3. The standard InChI is InChI=1S/C9H13NO2/c1-9(2,3)6-5-10-8(12)4-7(6)11/h5H,4H2,1-3H3,(H,10,12). The van der Waals surface area contributed by atoms with Gasteiger partial charge in [-0.2, -0.15) is 0 Å². The first kappa shape index (κ1) is 8.97. The lowest BCUT2D eigenvalue weighted by Crippen LogP contribution is -2.32. The first-order valence-electron chi connectivity index (χ1n) is 3.94. The molecule has 12 heavy (non-hydrogen) atoms. The number of hydrogen-bond acceptors (Lipinski definition) is 2. The van der Waals surface area contributed by atoms with Crippen molar-refractivity contribution in [2.24, 2.45) is 5.41 Å². The summed E-state index contributed by atoms with van der Waals surface area (Å²) in [6, 6.07) is 0. The van der Waals surface area contributed by atoms with Gasteiger partial charge in [-0.3, -0.25) is 9.59 Å². The molecule has 1 aliphatic rings. The third-order valence-electron chi connectivity index (χ3n) is 1.81. The van der Waals surface area contributed by atoms with Crippen LogP contribution in [-0.2, 0) is 9.59 Å². The van der Waals surface area contributed by atoms with Crippen molar-refractivity contribution in [3.8, 4) is 0 Å². The van der Waals surface area contributed by atoms with Crippen LogP contribution in [0, 0.1) is 5.41 Å². The van der Waals surface area contributed by atoms with Gasteiger partial charge in [-0.1, -0.05) is 20.8 Å². The number of ketones is 1. The average Bonchev–Trinajstić information content (AvgIpc) is 1.83. The van der Waals surface area contributed by atoms with E-state index in [1.165, 1.54) is 6.20 Å². The fourth-order valence-electron chi connectivity index (χ4n) is 1.16. The summed E-state index contributed by atoms with van der Waals surface area (Å²) >= 11 is 0. The summed E-state index contributed by atoms with van der Waals surface area (Å²) in [6.45, 7) is 5.86. The molecule has 66 valence electrons. The summed E-state index contributed by atoms with van der Waals surface area (Å²) in [4.78, 5) is 22.1. The van der Waals surface area contributed by atoms with Crippen molar-refractivity contribution in [2.45, 2.75) is 27.2 Å². The lowest BCUT2D eigenvalue weighted by atomic mass is 9.82. The van der Waals surface area contributed by atoms with E-state index in [4.69, 9.17) is 0 Å². The number of amides is 1. The van der Waals surface area contributed by atoms with Gasteiger partial charge in [0.1, 0.15) is 0 Å². The Balaban J connectivity index is 2.92. The normalized spacial score (nSPS) is 18.8. The molecule has 0 saturated heterocycles. The van der Waals surface area contributed by atoms with E-state index < -0.39 is 0 Å². The monoisotopic (exact) mass is 167 g/mol. The number of Topliss-reactive ketones (excluding diaryl/α,β-unsaturated/α-hetero) is 1. The van der Waals surface area contributed by atoms with Gasteiger partial charge in [0.2, 0.25) is 5.91 Å². The van der Waals surface area contributed by atoms with Crippen LogP contribution in [0.5, 0.6) is 0 Å². The molecule has 3 heteroatoms. The summed E-state index contributed by atoms with van der Waals surface area (Å²) in [5, 5.41) is 2.55. The minimum absolute atomic E-state index is 0.0108. The van der Waals surface area contributed by atoms with Crippen LogP contribution in [0.4, 0.5) is 0 Å². The van der Waals surface area contributed by atoms with E-state index in [0.29, 0.717) is 5.57 Å². The zero-order chi connectivity index (χ0) is 9.35. The van der Waals surface area contributed by atoms with Gasteiger partial charge in [0.25, 0.3) is 0 Å².